The van der Waals surface area contributed by atoms with E-state index in [4.69, 9.17) is 16.3 Å². The van der Waals surface area contributed by atoms with Crippen molar-refractivity contribution >= 4 is 29.1 Å². The van der Waals surface area contributed by atoms with Gasteiger partial charge in [-0.3, -0.25) is 9.59 Å². The standard InChI is InChI=1S/C27H30ClNO4/c1-27(2,3)17-11-14-21(33-4)20(15-17)24(30)22-23(16-9-12-18(28)13-10-16)29(26(32)25(22)31)19-7-5-6-8-19/h9-15,19,23,30H,5-8H2,1-4H3/b24-22+. The molecule has 2 aliphatic rings. The predicted molar refractivity (Wildman–Crippen MR) is 130 cm³/mol. The number of amides is 1. The molecule has 174 valence electrons. The van der Waals surface area contributed by atoms with Gasteiger partial charge in [0, 0.05) is 11.1 Å². The van der Waals surface area contributed by atoms with E-state index >= 15 is 0 Å². The second-order valence-electron chi connectivity index (χ2n) is 9.86. The topological polar surface area (TPSA) is 66.8 Å². The van der Waals surface area contributed by atoms with Crippen LogP contribution in [-0.2, 0) is 15.0 Å². The molecule has 1 atom stereocenters. The number of hydrogen-bond donors (Lipinski definition) is 1. The number of methoxy groups -OCH3 is 1. The van der Waals surface area contributed by atoms with Crippen LogP contribution in [0.1, 0.15) is 69.2 Å². The summed E-state index contributed by atoms with van der Waals surface area (Å²) in [5.41, 5.74) is 2.07. The van der Waals surface area contributed by atoms with Crippen molar-refractivity contribution in [2.45, 2.75) is 64.0 Å². The number of ketones is 1. The van der Waals surface area contributed by atoms with Gasteiger partial charge in [0.05, 0.1) is 24.3 Å². The Bertz CT molecular complexity index is 1110. The van der Waals surface area contributed by atoms with Gasteiger partial charge in [0.15, 0.2) is 0 Å². The van der Waals surface area contributed by atoms with Crippen LogP contribution in [0.5, 0.6) is 5.75 Å². The van der Waals surface area contributed by atoms with Crippen molar-refractivity contribution in [1.29, 1.82) is 0 Å². The molecular formula is C27H30ClNO4. The summed E-state index contributed by atoms with van der Waals surface area (Å²) in [4.78, 5) is 28.3. The number of hydrogen-bond acceptors (Lipinski definition) is 4. The van der Waals surface area contributed by atoms with Gasteiger partial charge in [0.2, 0.25) is 0 Å². The maximum Gasteiger partial charge on any atom is 0.295 e. The quantitative estimate of drug-likeness (QED) is 0.339. The molecule has 0 aromatic heterocycles. The Morgan fingerprint density at radius 2 is 1.70 bits per heavy atom. The van der Waals surface area contributed by atoms with Crippen LogP contribution < -0.4 is 4.74 Å². The second-order valence-corrected chi connectivity index (χ2v) is 10.3. The molecule has 1 heterocycles. The zero-order valence-electron chi connectivity index (χ0n) is 19.5. The lowest BCUT2D eigenvalue weighted by Crippen LogP contribution is -2.37. The Labute approximate surface area is 200 Å². The number of rotatable bonds is 4. The van der Waals surface area contributed by atoms with Gasteiger partial charge in [0.25, 0.3) is 11.7 Å². The summed E-state index contributed by atoms with van der Waals surface area (Å²) < 4.78 is 5.52. The lowest BCUT2D eigenvalue weighted by molar-refractivity contribution is -0.141. The third kappa shape index (κ3) is 4.26. The molecule has 1 unspecified atom stereocenters. The number of nitrogens with zero attached hydrogens (tertiary/aromatic N) is 1. The lowest BCUT2D eigenvalue weighted by atomic mass is 9.85. The van der Waals surface area contributed by atoms with E-state index in [9.17, 15) is 14.7 Å². The molecule has 2 aromatic rings. The van der Waals surface area contributed by atoms with E-state index in [0.29, 0.717) is 16.3 Å². The van der Waals surface area contributed by atoms with Gasteiger partial charge >= 0.3 is 0 Å². The number of Topliss-reactive ketones (excluding diaryl/α,β-unsaturated/α-hetero) is 1. The van der Waals surface area contributed by atoms with Crippen molar-refractivity contribution < 1.29 is 19.4 Å². The van der Waals surface area contributed by atoms with E-state index in [1.165, 1.54) is 7.11 Å². The van der Waals surface area contributed by atoms with Gasteiger partial charge in [-0.1, -0.05) is 63.4 Å². The van der Waals surface area contributed by atoms with Gasteiger partial charge in [-0.05, 0) is 53.6 Å². The van der Waals surface area contributed by atoms with Crippen LogP contribution in [0.2, 0.25) is 5.02 Å². The number of halogens is 1. The first-order valence-corrected chi connectivity index (χ1v) is 11.8. The lowest BCUT2D eigenvalue weighted by Gasteiger charge is -2.31. The van der Waals surface area contributed by atoms with Crippen LogP contribution in [0.3, 0.4) is 0 Å². The largest absolute Gasteiger partial charge is 0.507 e. The monoisotopic (exact) mass is 467 g/mol. The minimum absolute atomic E-state index is 0.0322. The van der Waals surface area contributed by atoms with Gasteiger partial charge in [-0.15, -0.1) is 0 Å². The van der Waals surface area contributed by atoms with Crippen molar-refractivity contribution in [1.82, 2.24) is 4.90 Å². The van der Waals surface area contributed by atoms with E-state index in [2.05, 4.69) is 20.8 Å². The van der Waals surface area contributed by atoms with E-state index in [1.807, 2.05) is 24.3 Å². The van der Waals surface area contributed by atoms with E-state index in [1.54, 1.807) is 23.1 Å². The van der Waals surface area contributed by atoms with E-state index in [0.717, 1.165) is 36.8 Å². The maximum atomic E-state index is 13.3. The molecule has 0 spiro atoms. The maximum absolute atomic E-state index is 13.3. The molecule has 5 nitrogen and oxygen atoms in total. The first-order valence-electron chi connectivity index (χ1n) is 11.4. The van der Waals surface area contributed by atoms with Crippen molar-refractivity contribution in [3.8, 4) is 5.75 Å². The van der Waals surface area contributed by atoms with Gasteiger partial charge in [-0.25, -0.2) is 0 Å². The van der Waals surface area contributed by atoms with Crippen molar-refractivity contribution in [2.75, 3.05) is 7.11 Å². The minimum Gasteiger partial charge on any atom is -0.507 e. The number of ether oxygens (including phenoxy) is 1. The van der Waals surface area contributed by atoms with Crippen LogP contribution >= 0.6 is 11.6 Å². The van der Waals surface area contributed by atoms with Crippen LogP contribution in [-0.4, -0.2) is 34.8 Å². The van der Waals surface area contributed by atoms with Gasteiger partial charge in [-0.2, -0.15) is 0 Å². The number of likely N-dealkylation sites (tertiary alicyclic amines) is 1. The molecule has 6 heteroatoms. The number of carbonyl (C=O) groups excluding carboxylic acids is 2. The zero-order valence-corrected chi connectivity index (χ0v) is 20.3. The smallest absolute Gasteiger partial charge is 0.295 e. The predicted octanol–water partition coefficient (Wildman–Crippen LogP) is 6.01. The molecular weight excluding hydrogens is 438 g/mol. The van der Waals surface area contributed by atoms with Crippen molar-refractivity contribution in [2.24, 2.45) is 0 Å². The fourth-order valence-corrected chi connectivity index (χ4v) is 5.01. The third-order valence-electron chi connectivity index (χ3n) is 6.70. The SMILES string of the molecule is COc1ccc(C(C)(C)C)cc1/C(O)=C1\C(=O)C(=O)N(C2CCCC2)C1c1ccc(Cl)cc1. The van der Waals surface area contributed by atoms with Crippen LogP contribution in [0.15, 0.2) is 48.0 Å². The van der Waals surface area contributed by atoms with E-state index in [-0.39, 0.29) is 22.8 Å². The first-order chi connectivity index (χ1) is 15.6. The van der Waals surface area contributed by atoms with Crippen LogP contribution in [0.4, 0.5) is 0 Å². The molecule has 1 aliphatic carbocycles. The van der Waals surface area contributed by atoms with Crippen LogP contribution in [0, 0.1) is 0 Å². The number of aliphatic hydroxyl groups excluding tert-OH is 1. The number of aliphatic hydroxyl groups is 1. The molecule has 2 aromatic carbocycles. The van der Waals surface area contributed by atoms with Gasteiger partial charge < -0.3 is 14.7 Å². The number of benzene rings is 2. The first kappa shape index (κ1) is 23.4. The van der Waals surface area contributed by atoms with Crippen LogP contribution in [0.25, 0.3) is 5.76 Å². The van der Waals surface area contributed by atoms with Crippen molar-refractivity contribution in [3.05, 3.63) is 69.8 Å². The Morgan fingerprint density at radius 3 is 2.27 bits per heavy atom. The normalized spacial score (nSPS) is 21.1. The Kier molecular flexibility index (Phi) is 6.28. The summed E-state index contributed by atoms with van der Waals surface area (Å²) in [5.74, 6) is -0.990. The Balaban J connectivity index is 1.94. The van der Waals surface area contributed by atoms with Gasteiger partial charge in [0.1, 0.15) is 11.5 Å². The molecule has 1 aliphatic heterocycles. The average Bonchev–Trinajstić information content (AvgIpc) is 3.39. The highest BCUT2D eigenvalue weighted by molar-refractivity contribution is 6.46. The molecule has 0 bridgehead atoms. The average molecular weight is 468 g/mol. The molecule has 0 radical (unpaired) electrons. The highest BCUT2D eigenvalue weighted by Gasteiger charge is 2.49. The fraction of sp³-hybridized carbons (Fsp3) is 0.407. The summed E-state index contributed by atoms with van der Waals surface area (Å²) in [6.45, 7) is 6.22. The molecule has 1 saturated carbocycles. The third-order valence-corrected chi connectivity index (χ3v) is 6.96. The summed E-state index contributed by atoms with van der Waals surface area (Å²) in [5, 5.41) is 12.1. The minimum atomic E-state index is -0.673. The van der Waals surface area contributed by atoms with Crippen molar-refractivity contribution in [3.63, 3.8) is 0 Å². The molecule has 1 saturated heterocycles. The summed E-state index contributed by atoms with van der Waals surface area (Å²) in [6, 6.07) is 12.0. The van der Waals surface area contributed by atoms with E-state index < -0.39 is 17.7 Å². The summed E-state index contributed by atoms with van der Waals surface area (Å²) >= 11 is 6.11. The Morgan fingerprint density at radius 1 is 1.06 bits per heavy atom. The molecule has 4 rings (SSSR count). The molecule has 33 heavy (non-hydrogen) atoms. The summed E-state index contributed by atoms with van der Waals surface area (Å²) in [6.07, 6.45) is 3.73. The highest BCUT2D eigenvalue weighted by atomic mass is 35.5. The summed E-state index contributed by atoms with van der Waals surface area (Å²) in [7, 11) is 1.52. The molecule has 1 N–H and O–H groups in total. The highest BCUT2D eigenvalue weighted by Crippen LogP contribution is 2.45. The molecule has 2 fully saturated rings. The molecule has 1 amide bonds. The zero-order chi connectivity index (χ0) is 23.9. The second kappa shape index (κ2) is 8.86. The number of carbonyl (C=O) groups is 2. The Hall–Kier alpha value is -2.79. The fourth-order valence-electron chi connectivity index (χ4n) is 4.89.